The maximum atomic E-state index is 12.4. The second-order valence-corrected chi connectivity index (χ2v) is 6.45. The molecule has 1 aliphatic heterocycles. The van der Waals surface area contributed by atoms with Gasteiger partial charge in [-0.2, -0.15) is 0 Å². The number of halogens is 1. The van der Waals surface area contributed by atoms with Gasteiger partial charge in [-0.3, -0.25) is 14.5 Å². The first-order valence-electron chi connectivity index (χ1n) is 7.11. The molecule has 7 heteroatoms. The smallest absolute Gasteiger partial charge is 0.293 e. The summed E-state index contributed by atoms with van der Waals surface area (Å²) >= 11 is 7.10. The van der Waals surface area contributed by atoms with Crippen LogP contribution in [0.1, 0.15) is 25.8 Å². The van der Waals surface area contributed by atoms with Crippen molar-refractivity contribution in [2.45, 2.75) is 26.3 Å². The lowest BCUT2D eigenvalue weighted by molar-refractivity contribution is -0.124. The minimum Gasteiger partial charge on any atom is -0.493 e. The van der Waals surface area contributed by atoms with Gasteiger partial charge in [-0.25, -0.2) is 0 Å². The first-order chi connectivity index (χ1) is 10.9. The van der Waals surface area contributed by atoms with Crippen LogP contribution in [0.3, 0.4) is 0 Å². The zero-order chi connectivity index (χ0) is 17.1. The molecule has 1 aromatic carbocycles. The molecule has 0 radical (unpaired) electrons. The minimum atomic E-state index is -0.278. The third-order valence-electron chi connectivity index (χ3n) is 3.61. The molecule has 0 bridgehead atoms. The van der Waals surface area contributed by atoms with Crippen molar-refractivity contribution < 1.29 is 19.1 Å². The Kier molecular flexibility index (Phi) is 5.59. The average Bonchev–Trinajstić information content (AvgIpc) is 2.80. The van der Waals surface area contributed by atoms with Crippen LogP contribution in [0.15, 0.2) is 17.0 Å². The Labute approximate surface area is 144 Å². The van der Waals surface area contributed by atoms with E-state index in [0.717, 1.165) is 11.8 Å². The number of nitrogens with zero attached hydrogens (tertiary/aromatic N) is 1. The van der Waals surface area contributed by atoms with Crippen molar-refractivity contribution in [2.75, 3.05) is 14.2 Å². The Morgan fingerprint density at radius 2 is 2.00 bits per heavy atom. The Bertz CT molecular complexity index is 674. The standard InChI is InChI=1S/C16H18ClNO4S/c1-5-9(2)18-15(19)13(23-16(18)20)8-10-6-11(17)14(22-4)12(7-10)21-3/h6-9H,5H2,1-4H3/b13-8+/t9-/m0/s1. The number of carbonyl (C=O) groups is 2. The third-order valence-corrected chi connectivity index (χ3v) is 4.77. The Morgan fingerprint density at radius 3 is 2.57 bits per heavy atom. The summed E-state index contributed by atoms with van der Waals surface area (Å²) in [5.74, 6) is 0.617. The lowest BCUT2D eigenvalue weighted by Gasteiger charge is -2.19. The monoisotopic (exact) mass is 355 g/mol. The zero-order valence-corrected chi connectivity index (χ0v) is 15.0. The Balaban J connectivity index is 2.38. The SMILES string of the molecule is CC[C@H](C)N1C(=O)S/C(=C/c2cc(Cl)c(OC)c(OC)c2)C1=O. The summed E-state index contributed by atoms with van der Waals surface area (Å²) in [5, 5.41) is 0.126. The largest absolute Gasteiger partial charge is 0.493 e. The highest BCUT2D eigenvalue weighted by Gasteiger charge is 2.37. The molecular weight excluding hydrogens is 338 g/mol. The summed E-state index contributed by atoms with van der Waals surface area (Å²) in [6.07, 6.45) is 2.36. The van der Waals surface area contributed by atoms with Gasteiger partial charge >= 0.3 is 0 Å². The number of hydrogen-bond acceptors (Lipinski definition) is 5. The summed E-state index contributed by atoms with van der Waals surface area (Å²) in [5.41, 5.74) is 0.669. The Morgan fingerprint density at radius 1 is 1.30 bits per heavy atom. The summed E-state index contributed by atoms with van der Waals surface area (Å²) in [6.45, 7) is 3.79. The van der Waals surface area contributed by atoms with Gasteiger partial charge in [0.2, 0.25) is 0 Å². The molecule has 0 unspecified atom stereocenters. The molecule has 0 N–H and O–H groups in total. The number of methoxy groups -OCH3 is 2. The third kappa shape index (κ3) is 3.48. The predicted octanol–water partition coefficient (Wildman–Crippen LogP) is 4.19. The van der Waals surface area contributed by atoms with Crippen LogP contribution in [0.2, 0.25) is 5.02 Å². The summed E-state index contributed by atoms with van der Waals surface area (Å²) < 4.78 is 10.4. The Hall–Kier alpha value is -1.66. The van der Waals surface area contributed by atoms with Crippen LogP contribution >= 0.6 is 23.4 Å². The number of ether oxygens (including phenoxy) is 2. The van der Waals surface area contributed by atoms with Gasteiger partial charge in [-0.1, -0.05) is 18.5 Å². The molecule has 1 atom stereocenters. The van der Waals surface area contributed by atoms with Gasteiger partial charge < -0.3 is 9.47 Å². The predicted molar refractivity (Wildman–Crippen MR) is 92.1 cm³/mol. The van der Waals surface area contributed by atoms with Crippen molar-refractivity contribution in [3.05, 3.63) is 27.6 Å². The van der Waals surface area contributed by atoms with Crippen LogP contribution in [0, 0.1) is 0 Å². The average molecular weight is 356 g/mol. The molecule has 1 aromatic rings. The fourth-order valence-electron chi connectivity index (χ4n) is 2.21. The quantitative estimate of drug-likeness (QED) is 0.741. The molecule has 0 saturated carbocycles. The molecule has 23 heavy (non-hydrogen) atoms. The van der Waals surface area contributed by atoms with Gasteiger partial charge in [0.05, 0.1) is 24.1 Å². The molecular formula is C16H18ClNO4S. The number of thioether (sulfide) groups is 1. The van der Waals surface area contributed by atoms with Gasteiger partial charge in [0.25, 0.3) is 11.1 Å². The summed E-state index contributed by atoms with van der Waals surface area (Å²) in [7, 11) is 3.01. The molecule has 1 heterocycles. The maximum absolute atomic E-state index is 12.4. The van der Waals surface area contributed by atoms with Crippen LogP contribution < -0.4 is 9.47 Å². The molecule has 1 saturated heterocycles. The lowest BCUT2D eigenvalue weighted by atomic mass is 10.1. The second-order valence-electron chi connectivity index (χ2n) is 5.05. The normalized spacial score (nSPS) is 17.8. The van der Waals surface area contributed by atoms with E-state index in [4.69, 9.17) is 21.1 Å². The van der Waals surface area contributed by atoms with Crippen LogP contribution in [0.25, 0.3) is 6.08 Å². The van der Waals surface area contributed by atoms with Crippen LogP contribution in [-0.2, 0) is 4.79 Å². The topological polar surface area (TPSA) is 55.8 Å². The fraction of sp³-hybridized carbons (Fsp3) is 0.375. The molecule has 124 valence electrons. The molecule has 0 spiro atoms. The van der Waals surface area contributed by atoms with E-state index in [2.05, 4.69) is 0 Å². The van der Waals surface area contributed by atoms with E-state index in [0.29, 0.717) is 33.4 Å². The highest BCUT2D eigenvalue weighted by Crippen LogP contribution is 2.39. The van der Waals surface area contributed by atoms with Crippen LogP contribution in [0.5, 0.6) is 11.5 Å². The molecule has 0 aromatic heterocycles. The van der Waals surface area contributed by atoms with Crippen molar-refractivity contribution in [3.8, 4) is 11.5 Å². The van der Waals surface area contributed by atoms with E-state index < -0.39 is 0 Å². The molecule has 0 aliphatic carbocycles. The number of hydrogen-bond donors (Lipinski definition) is 0. The molecule has 5 nitrogen and oxygen atoms in total. The van der Waals surface area contributed by atoms with Crippen molar-refractivity contribution in [1.29, 1.82) is 0 Å². The molecule has 1 fully saturated rings. The van der Waals surface area contributed by atoms with Gasteiger partial charge in [0, 0.05) is 6.04 Å². The zero-order valence-electron chi connectivity index (χ0n) is 13.4. The van der Waals surface area contributed by atoms with Crippen molar-refractivity contribution in [3.63, 3.8) is 0 Å². The number of benzene rings is 1. The molecule has 2 amide bonds. The van der Waals surface area contributed by atoms with Gasteiger partial charge in [-0.15, -0.1) is 0 Å². The maximum Gasteiger partial charge on any atom is 0.293 e. The number of amides is 2. The summed E-state index contributed by atoms with van der Waals surface area (Å²) in [6, 6.07) is 3.25. The van der Waals surface area contributed by atoms with E-state index in [1.165, 1.54) is 19.1 Å². The highest BCUT2D eigenvalue weighted by atomic mass is 35.5. The van der Waals surface area contributed by atoms with Crippen molar-refractivity contribution in [2.24, 2.45) is 0 Å². The lowest BCUT2D eigenvalue weighted by Crippen LogP contribution is -2.36. The van der Waals surface area contributed by atoms with Gasteiger partial charge in [0.15, 0.2) is 11.5 Å². The second kappa shape index (κ2) is 7.27. The highest BCUT2D eigenvalue weighted by molar-refractivity contribution is 8.18. The molecule has 2 rings (SSSR count). The number of imide groups is 1. The van der Waals surface area contributed by atoms with E-state index in [9.17, 15) is 9.59 Å². The number of carbonyl (C=O) groups excluding carboxylic acids is 2. The van der Waals surface area contributed by atoms with Crippen LogP contribution in [-0.4, -0.2) is 36.3 Å². The van der Waals surface area contributed by atoms with Gasteiger partial charge in [0.1, 0.15) is 0 Å². The number of rotatable bonds is 5. The fourth-order valence-corrected chi connectivity index (χ4v) is 3.44. The van der Waals surface area contributed by atoms with Crippen molar-refractivity contribution >= 4 is 40.6 Å². The van der Waals surface area contributed by atoms with E-state index in [1.807, 2.05) is 13.8 Å². The van der Waals surface area contributed by atoms with Crippen LogP contribution in [0.4, 0.5) is 4.79 Å². The van der Waals surface area contributed by atoms with Gasteiger partial charge in [-0.05, 0) is 48.9 Å². The first kappa shape index (κ1) is 17.7. The van der Waals surface area contributed by atoms with E-state index >= 15 is 0 Å². The molecule has 1 aliphatic rings. The van der Waals surface area contributed by atoms with Crippen molar-refractivity contribution in [1.82, 2.24) is 4.90 Å². The van der Waals surface area contributed by atoms with E-state index in [-0.39, 0.29) is 17.2 Å². The summed E-state index contributed by atoms with van der Waals surface area (Å²) in [4.78, 5) is 26.1. The first-order valence-corrected chi connectivity index (χ1v) is 8.30. The minimum absolute atomic E-state index is 0.123. The van der Waals surface area contributed by atoms with E-state index in [1.54, 1.807) is 18.2 Å².